The van der Waals surface area contributed by atoms with Gasteiger partial charge in [0.2, 0.25) is 22.8 Å². The molecule has 0 unspecified atom stereocenters. The number of halogens is 1. The predicted octanol–water partition coefficient (Wildman–Crippen LogP) is 6.77. The van der Waals surface area contributed by atoms with Crippen LogP contribution in [0.25, 0.3) is 33.7 Å². The van der Waals surface area contributed by atoms with Gasteiger partial charge in [0.25, 0.3) is 5.22 Å². The summed E-state index contributed by atoms with van der Waals surface area (Å²) in [6, 6.07) is 13.8. The number of nitrogens with zero attached hydrogens (tertiary/aromatic N) is 2. The lowest BCUT2D eigenvalue weighted by molar-refractivity contribution is 0.309. The molecule has 0 saturated carbocycles. The van der Waals surface area contributed by atoms with Gasteiger partial charge in [-0.15, -0.1) is 10.2 Å². The Morgan fingerprint density at radius 1 is 0.818 bits per heavy atom. The summed E-state index contributed by atoms with van der Waals surface area (Å²) in [5, 5.41) is 9.31. The van der Waals surface area contributed by atoms with Crippen molar-refractivity contribution in [2.24, 2.45) is 0 Å². The highest BCUT2D eigenvalue weighted by Gasteiger charge is 2.24. The van der Waals surface area contributed by atoms with Crippen molar-refractivity contribution < 1.29 is 37.3 Å². The van der Waals surface area contributed by atoms with Crippen molar-refractivity contribution in [2.75, 3.05) is 47.9 Å². The quantitative estimate of drug-likeness (QED) is 0.0996. The van der Waals surface area contributed by atoms with E-state index in [4.69, 9.17) is 48.9 Å². The van der Waals surface area contributed by atoms with Gasteiger partial charge in [-0.25, -0.2) is 0 Å². The molecule has 0 aliphatic heterocycles. The lowest BCUT2D eigenvalue weighted by atomic mass is 10.1. The Bertz CT molecular complexity index is 1810. The minimum Gasteiger partial charge on any atom is -0.496 e. The minimum absolute atomic E-state index is 0.000893. The lowest BCUT2D eigenvalue weighted by Crippen LogP contribution is -2.12. The molecule has 0 saturated heterocycles. The highest BCUT2D eigenvalue weighted by molar-refractivity contribution is 7.99. The van der Waals surface area contributed by atoms with Crippen LogP contribution in [0.5, 0.6) is 34.5 Å². The molecule has 0 atom stereocenters. The van der Waals surface area contributed by atoms with E-state index in [1.807, 2.05) is 18.2 Å². The summed E-state index contributed by atoms with van der Waals surface area (Å²) in [7, 11) is 7.49. The van der Waals surface area contributed by atoms with E-state index in [9.17, 15) is 4.79 Å². The Balaban J connectivity index is 1.44. The first-order valence-corrected chi connectivity index (χ1v) is 14.7. The number of rotatable bonds is 13. The van der Waals surface area contributed by atoms with Crippen molar-refractivity contribution >= 4 is 34.3 Å². The third-order valence-electron chi connectivity index (χ3n) is 6.54. The van der Waals surface area contributed by atoms with Crippen LogP contribution < -0.4 is 33.8 Å². The third kappa shape index (κ3) is 6.22. The van der Waals surface area contributed by atoms with Crippen molar-refractivity contribution in [2.45, 2.75) is 11.6 Å². The van der Waals surface area contributed by atoms with Gasteiger partial charge in [-0.05, 0) is 30.7 Å². The molecule has 230 valence electrons. The summed E-state index contributed by atoms with van der Waals surface area (Å²) >= 11 is 7.61. The van der Waals surface area contributed by atoms with Crippen LogP contribution in [-0.2, 0) is 0 Å². The highest BCUT2D eigenvalue weighted by atomic mass is 35.5. The van der Waals surface area contributed by atoms with E-state index < -0.39 is 5.43 Å². The molecular formula is C31H29ClN2O9S. The molecule has 3 aromatic carbocycles. The van der Waals surface area contributed by atoms with E-state index in [1.54, 1.807) is 30.3 Å². The Kier molecular flexibility index (Phi) is 9.71. The van der Waals surface area contributed by atoms with Gasteiger partial charge in [-0.1, -0.05) is 35.5 Å². The van der Waals surface area contributed by atoms with Gasteiger partial charge in [0.15, 0.2) is 17.3 Å². The van der Waals surface area contributed by atoms with Gasteiger partial charge in [0.1, 0.15) is 22.5 Å². The monoisotopic (exact) mass is 640 g/mol. The van der Waals surface area contributed by atoms with Gasteiger partial charge in [-0.2, -0.15) is 0 Å². The third-order valence-corrected chi connectivity index (χ3v) is 7.78. The second-order valence-corrected chi connectivity index (χ2v) is 10.6. The second-order valence-electron chi connectivity index (χ2n) is 9.11. The van der Waals surface area contributed by atoms with Crippen molar-refractivity contribution in [1.29, 1.82) is 0 Å². The first-order chi connectivity index (χ1) is 21.4. The number of aromatic nitrogens is 2. The fourth-order valence-corrected chi connectivity index (χ4v) is 5.35. The van der Waals surface area contributed by atoms with Crippen LogP contribution in [0, 0.1) is 0 Å². The second kappa shape index (κ2) is 13.8. The molecule has 0 amide bonds. The van der Waals surface area contributed by atoms with Crippen LogP contribution >= 0.6 is 23.4 Å². The largest absolute Gasteiger partial charge is 0.496 e. The van der Waals surface area contributed by atoms with Crippen molar-refractivity contribution in [3.05, 3.63) is 63.8 Å². The molecule has 0 N–H and O–H groups in total. The Morgan fingerprint density at radius 3 is 2.20 bits per heavy atom. The summed E-state index contributed by atoms with van der Waals surface area (Å²) in [6.07, 6.45) is 0.542. The molecule has 0 aliphatic rings. The number of ether oxygens (including phenoxy) is 6. The summed E-state index contributed by atoms with van der Waals surface area (Å²) < 4.78 is 45.6. The van der Waals surface area contributed by atoms with Crippen LogP contribution in [0.4, 0.5) is 0 Å². The Hall–Kier alpha value is -4.55. The molecule has 0 aliphatic carbocycles. The molecule has 11 nitrogen and oxygen atoms in total. The maximum Gasteiger partial charge on any atom is 0.276 e. The summed E-state index contributed by atoms with van der Waals surface area (Å²) in [5.74, 6) is 2.98. The maximum absolute atomic E-state index is 13.9. The standard InChI is InChI=1S/C31H29ClN2O9S/c1-36-18-15-21(37-2)25-22(16-18)42-27(17-13-23(38-3)28(40-5)24(14-17)39-4)29(26(25)35)41-11-8-12-44-31-34-33-30(43-31)19-9-6-7-10-20(19)32/h6-7,9-10,13-16H,8,11-12H2,1-5H3. The number of hydrogen-bond acceptors (Lipinski definition) is 12. The molecule has 0 bridgehead atoms. The van der Waals surface area contributed by atoms with Crippen LogP contribution in [0.3, 0.4) is 0 Å². The topological polar surface area (TPSA) is 125 Å². The zero-order chi connectivity index (χ0) is 31.2. The van der Waals surface area contributed by atoms with E-state index in [0.717, 1.165) is 0 Å². The predicted molar refractivity (Wildman–Crippen MR) is 166 cm³/mol. The molecule has 2 aromatic heterocycles. The zero-order valence-corrected chi connectivity index (χ0v) is 26.2. The maximum atomic E-state index is 13.9. The average molecular weight is 641 g/mol. The summed E-state index contributed by atoms with van der Waals surface area (Å²) in [5.41, 5.74) is 0.974. The van der Waals surface area contributed by atoms with Crippen LogP contribution in [0.2, 0.25) is 5.02 Å². The number of fused-ring (bicyclic) bond motifs is 1. The normalized spacial score (nSPS) is 11.0. The number of methoxy groups -OCH3 is 5. The van der Waals surface area contributed by atoms with Crippen LogP contribution in [0.15, 0.2) is 67.4 Å². The lowest BCUT2D eigenvalue weighted by Gasteiger charge is -2.16. The molecule has 0 fully saturated rings. The van der Waals surface area contributed by atoms with Crippen molar-refractivity contribution in [1.82, 2.24) is 10.2 Å². The minimum atomic E-state index is -0.413. The van der Waals surface area contributed by atoms with Gasteiger partial charge in [-0.3, -0.25) is 4.79 Å². The molecule has 5 rings (SSSR count). The van der Waals surface area contributed by atoms with Crippen LogP contribution in [-0.4, -0.2) is 58.1 Å². The van der Waals surface area contributed by atoms with Crippen molar-refractivity contribution in [3.8, 4) is 57.3 Å². The van der Waals surface area contributed by atoms with E-state index in [1.165, 1.54) is 47.3 Å². The Morgan fingerprint density at radius 2 is 1.55 bits per heavy atom. The molecule has 44 heavy (non-hydrogen) atoms. The van der Waals surface area contributed by atoms with E-state index >= 15 is 0 Å². The first kappa shape index (κ1) is 30.9. The molecule has 0 radical (unpaired) electrons. The SMILES string of the molecule is COc1cc(OC)c2c(=O)c(OCCCSc3nnc(-c4ccccc4Cl)o3)c(-c3cc(OC)c(OC)c(OC)c3)oc2c1. The molecule has 0 spiro atoms. The van der Waals surface area contributed by atoms with Gasteiger partial charge >= 0.3 is 0 Å². The van der Waals surface area contributed by atoms with Gasteiger partial charge in [0, 0.05) is 23.4 Å². The molecule has 13 heteroatoms. The van der Waals surface area contributed by atoms with E-state index in [2.05, 4.69) is 10.2 Å². The van der Waals surface area contributed by atoms with Crippen molar-refractivity contribution in [3.63, 3.8) is 0 Å². The van der Waals surface area contributed by atoms with Gasteiger partial charge in [0.05, 0.1) is 52.7 Å². The number of hydrogen-bond donors (Lipinski definition) is 0. The molecule has 5 aromatic rings. The fraction of sp³-hybridized carbons (Fsp3) is 0.258. The van der Waals surface area contributed by atoms with E-state index in [0.29, 0.717) is 62.4 Å². The van der Waals surface area contributed by atoms with Gasteiger partial charge < -0.3 is 37.3 Å². The summed E-state index contributed by atoms with van der Waals surface area (Å²) in [6.45, 7) is 0.185. The van der Waals surface area contributed by atoms with E-state index in [-0.39, 0.29) is 34.8 Å². The zero-order valence-electron chi connectivity index (χ0n) is 24.6. The smallest absolute Gasteiger partial charge is 0.276 e. The molecular weight excluding hydrogens is 612 g/mol. The average Bonchev–Trinajstić information content (AvgIpc) is 3.52. The fourth-order valence-electron chi connectivity index (χ4n) is 4.46. The highest BCUT2D eigenvalue weighted by Crippen LogP contribution is 2.44. The van der Waals surface area contributed by atoms with Crippen LogP contribution in [0.1, 0.15) is 6.42 Å². The number of benzene rings is 3. The first-order valence-electron chi connectivity index (χ1n) is 13.3. The Labute approximate surface area is 261 Å². The number of thioether (sulfide) groups is 1. The summed E-state index contributed by atoms with van der Waals surface area (Å²) in [4.78, 5) is 13.9. The molecule has 2 heterocycles.